The smallest absolute Gasteiger partial charge is 0.270 e. The van der Waals surface area contributed by atoms with E-state index in [-0.39, 0.29) is 12.0 Å². The van der Waals surface area contributed by atoms with Crippen LogP contribution in [0.25, 0.3) is 10.9 Å². The molecule has 6 nitrogen and oxygen atoms in total. The number of hydrogen-bond donors (Lipinski definition) is 1. The second-order valence-electron chi connectivity index (χ2n) is 7.26. The van der Waals surface area contributed by atoms with Crippen LogP contribution in [0.1, 0.15) is 22.5 Å². The number of aromatic nitrogens is 1. The average Bonchev–Trinajstić information content (AvgIpc) is 3.28. The summed E-state index contributed by atoms with van der Waals surface area (Å²) < 4.78 is 11.4. The lowest BCUT2D eigenvalue weighted by atomic mass is 10.2. The molecule has 2 aromatic rings. The molecule has 2 aliphatic heterocycles. The highest BCUT2D eigenvalue weighted by molar-refractivity contribution is 5.98. The van der Waals surface area contributed by atoms with Gasteiger partial charge in [-0.25, -0.2) is 0 Å². The molecular weight excluding hydrogens is 330 g/mol. The maximum Gasteiger partial charge on any atom is 0.270 e. The number of carbonyl (C=O) groups excluding carboxylic acids is 1. The van der Waals surface area contributed by atoms with Gasteiger partial charge >= 0.3 is 0 Å². The van der Waals surface area contributed by atoms with Gasteiger partial charge in [0.05, 0.1) is 25.9 Å². The number of fused-ring (bicyclic) bond motifs is 1. The number of carbonyl (C=O) groups is 1. The Morgan fingerprint density at radius 1 is 1.27 bits per heavy atom. The number of aromatic amines is 1. The van der Waals surface area contributed by atoms with Crippen LogP contribution in [0, 0.1) is 6.92 Å². The number of ether oxygens (including phenoxy) is 2. The Morgan fingerprint density at radius 3 is 2.96 bits per heavy atom. The van der Waals surface area contributed by atoms with Crippen LogP contribution in [-0.4, -0.2) is 79.3 Å². The van der Waals surface area contributed by atoms with Crippen LogP contribution in [0.5, 0.6) is 0 Å². The van der Waals surface area contributed by atoms with Crippen molar-refractivity contribution < 1.29 is 14.3 Å². The number of aryl methyl sites for hydroxylation is 1. The van der Waals surface area contributed by atoms with Crippen LogP contribution >= 0.6 is 0 Å². The molecule has 0 saturated carbocycles. The average molecular weight is 357 g/mol. The number of benzene rings is 1. The third-order valence-corrected chi connectivity index (χ3v) is 5.31. The maximum absolute atomic E-state index is 12.8. The summed E-state index contributed by atoms with van der Waals surface area (Å²) in [4.78, 5) is 20.3. The minimum absolute atomic E-state index is 0.0677. The van der Waals surface area contributed by atoms with Gasteiger partial charge in [0.1, 0.15) is 5.69 Å². The molecule has 0 unspecified atom stereocenters. The normalized spacial score (nSPS) is 21.6. The van der Waals surface area contributed by atoms with E-state index in [1.54, 1.807) is 0 Å². The first-order valence-corrected chi connectivity index (χ1v) is 9.49. The molecule has 1 amide bonds. The topological polar surface area (TPSA) is 57.8 Å². The number of nitrogens with zero attached hydrogens (tertiary/aromatic N) is 2. The summed E-state index contributed by atoms with van der Waals surface area (Å²) >= 11 is 0. The van der Waals surface area contributed by atoms with E-state index in [1.165, 1.54) is 5.56 Å². The minimum Gasteiger partial charge on any atom is -0.379 e. The van der Waals surface area contributed by atoms with Gasteiger partial charge in [0.25, 0.3) is 5.91 Å². The van der Waals surface area contributed by atoms with E-state index >= 15 is 0 Å². The van der Waals surface area contributed by atoms with Crippen LogP contribution in [0.4, 0.5) is 0 Å². The van der Waals surface area contributed by atoms with Crippen molar-refractivity contribution in [1.29, 1.82) is 0 Å². The summed E-state index contributed by atoms with van der Waals surface area (Å²) in [5, 5.41) is 1.08. The van der Waals surface area contributed by atoms with Crippen molar-refractivity contribution in [3.8, 4) is 0 Å². The predicted octanol–water partition coefficient (Wildman–Crippen LogP) is 2.04. The lowest BCUT2D eigenvalue weighted by molar-refractivity contribution is 0.00423. The second-order valence-corrected chi connectivity index (χ2v) is 7.26. The fourth-order valence-corrected chi connectivity index (χ4v) is 3.75. The predicted molar refractivity (Wildman–Crippen MR) is 101 cm³/mol. The molecule has 1 atom stereocenters. The molecule has 26 heavy (non-hydrogen) atoms. The van der Waals surface area contributed by atoms with Crippen molar-refractivity contribution >= 4 is 16.8 Å². The summed E-state index contributed by atoms with van der Waals surface area (Å²) in [5.74, 6) is 0.0677. The molecule has 4 rings (SSSR count). The van der Waals surface area contributed by atoms with Gasteiger partial charge in [-0.1, -0.05) is 12.1 Å². The first kappa shape index (κ1) is 17.5. The number of morpholine rings is 1. The van der Waals surface area contributed by atoms with Gasteiger partial charge in [-0.2, -0.15) is 0 Å². The molecule has 0 radical (unpaired) electrons. The van der Waals surface area contributed by atoms with Crippen molar-refractivity contribution in [2.75, 3.05) is 52.5 Å². The van der Waals surface area contributed by atoms with Crippen LogP contribution in [0.3, 0.4) is 0 Å². The van der Waals surface area contributed by atoms with Crippen molar-refractivity contribution in [2.24, 2.45) is 0 Å². The van der Waals surface area contributed by atoms with Crippen LogP contribution < -0.4 is 0 Å². The Labute approximate surface area is 154 Å². The fraction of sp³-hybridized carbons (Fsp3) is 0.550. The third kappa shape index (κ3) is 3.92. The molecule has 2 aliphatic rings. The summed E-state index contributed by atoms with van der Waals surface area (Å²) in [6.45, 7) is 8.75. The number of H-pyrrole nitrogens is 1. The first-order chi connectivity index (χ1) is 12.7. The van der Waals surface area contributed by atoms with E-state index in [4.69, 9.17) is 9.47 Å². The Bertz CT molecular complexity index is 767. The molecule has 0 aliphatic carbocycles. The highest BCUT2D eigenvalue weighted by Crippen LogP contribution is 2.20. The SMILES string of the molecule is Cc1ccc2cc(C(=O)N3CC[C@@H](OCCN4CCOCC4)C3)[nH]c2c1. The molecule has 3 heterocycles. The van der Waals surface area contributed by atoms with Gasteiger partial charge in [-0.15, -0.1) is 0 Å². The van der Waals surface area contributed by atoms with E-state index in [1.807, 2.05) is 11.0 Å². The van der Waals surface area contributed by atoms with E-state index in [9.17, 15) is 4.79 Å². The van der Waals surface area contributed by atoms with Crippen molar-refractivity contribution in [2.45, 2.75) is 19.4 Å². The summed E-state index contributed by atoms with van der Waals surface area (Å²) in [7, 11) is 0. The minimum atomic E-state index is 0.0677. The summed E-state index contributed by atoms with van der Waals surface area (Å²) in [5.41, 5.74) is 2.87. The van der Waals surface area contributed by atoms with Crippen LogP contribution in [0.2, 0.25) is 0 Å². The van der Waals surface area contributed by atoms with E-state index < -0.39 is 0 Å². The lowest BCUT2D eigenvalue weighted by Crippen LogP contribution is -2.39. The standard InChI is InChI=1S/C20H27N3O3/c1-15-2-3-16-13-19(21-18(16)12-15)20(24)23-5-4-17(14-23)26-11-8-22-6-9-25-10-7-22/h2-3,12-13,17,21H,4-11,14H2,1H3/t17-/m1/s1. The molecule has 6 heteroatoms. The summed E-state index contributed by atoms with van der Waals surface area (Å²) in [6, 6.07) is 8.15. The second kappa shape index (κ2) is 7.78. The van der Waals surface area contributed by atoms with Crippen LogP contribution in [0.15, 0.2) is 24.3 Å². The quantitative estimate of drug-likeness (QED) is 0.890. The zero-order valence-electron chi connectivity index (χ0n) is 15.4. The number of nitrogens with one attached hydrogen (secondary N) is 1. The molecule has 1 aromatic heterocycles. The lowest BCUT2D eigenvalue weighted by Gasteiger charge is -2.26. The molecule has 2 fully saturated rings. The molecule has 0 spiro atoms. The van der Waals surface area contributed by atoms with Gasteiger partial charge in [0.2, 0.25) is 0 Å². The van der Waals surface area contributed by atoms with Crippen LogP contribution in [-0.2, 0) is 9.47 Å². The molecule has 140 valence electrons. The van der Waals surface area contributed by atoms with Gasteiger partial charge < -0.3 is 19.4 Å². The zero-order chi connectivity index (χ0) is 17.9. The molecular formula is C20H27N3O3. The molecule has 2 saturated heterocycles. The van der Waals surface area contributed by atoms with E-state index in [0.717, 1.165) is 63.3 Å². The maximum atomic E-state index is 12.8. The van der Waals surface area contributed by atoms with Gasteiger partial charge in [0, 0.05) is 43.6 Å². The largest absolute Gasteiger partial charge is 0.379 e. The van der Waals surface area contributed by atoms with E-state index in [2.05, 4.69) is 35.0 Å². The number of likely N-dealkylation sites (tertiary alicyclic amines) is 1. The zero-order valence-corrected chi connectivity index (χ0v) is 15.4. The third-order valence-electron chi connectivity index (χ3n) is 5.31. The Balaban J connectivity index is 1.29. The van der Waals surface area contributed by atoms with E-state index in [0.29, 0.717) is 12.2 Å². The Kier molecular flexibility index (Phi) is 5.24. The Hall–Kier alpha value is -1.89. The van der Waals surface area contributed by atoms with Gasteiger partial charge in [-0.05, 0) is 31.0 Å². The molecule has 1 aromatic carbocycles. The highest BCUT2D eigenvalue weighted by Gasteiger charge is 2.28. The summed E-state index contributed by atoms with van der Waals surface area (Å²) in [6.07, 6.45) is 1.06. The number of rotatable bonds is 5. The monoisotopic (exact) mass is 357 g/mol. The van der Waals surface area contributed by atoms with Gasteiger partial charge in [0.15, 0.2) is 0 Å². The van der Waals surface area contributed by atoms with Crippen molar-refractivity contribution in [3.63, 3.8) is 0 Å². The highest BCUT2D eigenvalue weighted by atomic mass is 16.5. The molecule has 0 bridgehead atoms. The number of amides is 1. The van der Waals surface area contributed by atoms with Crippen molar-refractivity contribution in [3.05, 3.63) is 35.5 Å². The molecule has 1 N–H and O–H groups in total. The van der Waals surface area contributed by atoms with Crippen molar-refractivity contribution in [1.82, 2.24) is 14.8 Å². The fourth-order valence-electron chi connectivity index (χ4n) is 3.75. The first-order valence-electron chi connectivity index (χ1n) is 9.49. The number of hydrogen-bond acceptors (Lipinski definition) is 4. The van der Waals surface area contributed by atoms with Gasteiger partial charge in [-0.3, -0.25) is 9.69 Å². The Morgan fingerprint density at radius 2 is 2.12 bits per heavy atom.